The van der Waals surface area contributed by atoms with Gasteiger partial charge in [0.05, 0.1) is 0 Å². The van der Waals surface area contributed by atoms with Gasteiger partial charge in [-0.15, -0.1) is 0 Å². The summed E-state index contributed by atoms with van der Waals surface area (Å²) >= 11 is 0. The van der Waals surface area contributed by atoms with Gasteiger partial charge in [0, 0.05) is 12.7 Å². The molecule has 20 heavy (non-hydrogen) atoms. The molecule has 0 spiro atoms. The first-order valence-corrected chi connectivity index (χ1v) is 5.84. The van der Waals surface area contributed by atoms with Crippen LogP contribution in [0, 0.1) is 37.4 Å². The summed E-state index contributed by atoms with van der Waals surface area (Å²) in [5.74, 6) is -6.39. The predicted octanol–water partition coefficient (Wildman–Crippen LogP) is 4.02. The molecule has 2 aromatic rings. The standard InChI is InChI=1S/C14H12F4N2/c1-7-4-5-9(8(2)6-7)20(3)12-10(15)13(17)19-14(18)11(12)16/h4-6H,1-3H3. The second kappa shape index (κ2) is 5.11. The van der Waals surface area contributed by atoms with Gasteiger partial charge in [-0.25, -0.2) is 0 Å². The summed E-state index contributed by atoms with van der Waals surface area (Å²) in [6.07, 6.45) is 0. The quantitative estimate of drug-likeness (QED) is 0.611. The molecule has 106 valence electrons. The maximum atomic E-state index is 13.7. The van der Waals surface area contributed by atoms with E-state index in [4.69, 9.17) is 0 Å². The molecule has 2 rings (SSSR count). The Morgan fingerprint density at radius 2 is 1.50 bits per heavy atom. The van der Waals surface area contributed by atoms with Crippen molar-refractivity contribution in [3.63, 3.8) is 0 Å². The van der Waals surface area contributed by atoms with E-state index in [0.29, 0.717) is 5.69 Å². The van der Waals surface area contributed by atoms with Crippen LogP contribution < -0.4 is 4.90 Å². The maximum Gasteiger partial charge on any atom is 0.253 e. The molecule has 0 aliphatic rings. The molecule has 0 atom stereocenters. The lowest BCUT2D eigenvalue weighted by Crippen LogP contribution is -2.17. The largest absolute Gasteiger partial charge is 0.339 e. The Hall–Kier alpha value is -2.11. The fraction of sp³-hybridized carbons (Fsp3) is 0.214. The van der Waals surface area contributed by atoms with E-state index < -0.39 is 29.2 Å². The number of hydrogen-bond acceptors (Lipinski definition) is 2. The van der Waals surface area contributed by atoms with Gasteiger partial charge in [-0.05, 0) is 25.5 Å². The highest BCUT2D eigenvalue weighted by atomic mass is 19.2. The Labute approximate surface area is 113 Å². The zero-order valence-corrected chi connectivity index (χ0v) is 11.1. The van der Waals surface area contributed by atoms with Gasteiger partial charge in [0.25, 0.3) is 11.9 Å². The summed E-state index contributed by atoms with van der Waals surface area (Å²) in [5.41, 5.74) is 1.33. The Kier molecular flexibility index (Phi) is 3.65. The minimum Gasteiger partial charge on any atom is -0.339 e. The van der Waals surface area contributed by atoms with Gasteiger partial charge in [0.15, 0.2) is 0 Å². The van der Waals surface area contributed by atoms with Crippen LogP contribution in [0.2, 0.25) is 0 Å². The van der Waals surface area contributed by atoms with E-state index in [-0.39, 0.29) is 0 Å². The monoisotopic (exact) mass is 284 g/mol. The number of pyridine rings is 1. The van der Waals surface area contributed by atoms with Gasteiger partial charge in [0.2, 0.25) is 11.6 Å². The molecular formula is C14H12F4N2. The number of aromatic nitrogens is 1. The van der Waals surface area contributed by atoms with Crippen molar-refractivity contribution >= 4 is 11.4 Å². The van der Waals surface area contributed by atoms with Crippen LogP contribution in [0.1, 0.15) is 11.1 Å². The lowest BCUT2D eigenvalue weighted by Gasteiger charge is -2.23. The van der Waals surface area contributed by atoms with Crippen LogP contribution in [0.4, 0.5) is 28.9 Å². The molecule has 0 aliphatic carbocycles. The van der Waals surface area contributed by atoms with Crippen molar-refractivity contribution in [2.24, 2.45) is 0 Å². The third kappa shape index (κ3) is 2.33. The molecule has 0 radical (unpaired) electrons. The fourth-order valence-electron chi connectivity index (χ4n) is 2.07. The number of halogens is 4. The normalized spacial score (nSPS) is 10.8. The first-order valence-electron chi connectivity index (χ1n) is 5.84. The average Bonchev–Trinajstić information content (AvgIpc) is 2.36. The summed E-state index contributed by atoms with van der Waals surface area (Å²) in [6, 6.07) is 5.16. The second-order valence-corrected chi connectivity index (χ2v) is 4.52. The maximum absolute atomic E-state index is 13.7. The van der Waals surface area contributed by atoms with Crippen LogP contribution in [0.3, 0.4) is 0 Å². The van der Waals surface area contributed by atoms with Gasteiger partial charge >= 0.3 is 0 Å². The van der Waals surface area contributed by atoms with E-state index in [2.05, 4.69) is 4.98 Å². The summed E-state index contributed by atoms with van der Waals surface area (Å²) in [6.45, 7) is 3.60. The molecule has 0 fully saturated rings. The highest BCUT2D eigenvalue weighted by Gasteiger charge is 2.24. The van der Waals surface area contributed by atoms with Crippen molar-refractivity contribution in [3.05, 3.63) is 52.9 Å². The predicted molar refractivity (Wildman–Crippen MR) is 68.0 cm³/mol. The van der Waals surface area contributed by atoms with Crippen molar-refractivity contribution in [1.82, 2.24) is 4.98 Å². The van der Waals surface area contributed by atoms with Gasteiger partial charge in [-0.1, -0.05) is 17.7 Å². The SMILES string of the molecule is Cc1ccc(N(C)c2c(F)c(F)nc(F)c2F)c(C)c1. The second-order valence-electron chi connectivity index (χ2n) is 4.52. The lowest BCUT2D eigenvalue weighted by atomic mass is 10.1. The molecule has 1 heterocycles. The van der Waals surface area contributed by atoms with Crippen molar-refractivity contribution < 1.29 is 17.6 Å². The zero-order valence-electron chi connectivity index (χ0n) is 11.1. The van der Waals surface area contributed by atoms with Crippen LogP contribution in [0.15, 0.2) is 18.2 Å². The number of rotatable bonds is 2. The molecule has 2 nitrogen and oxygen atoms in total. The van der Waals surface area contributed by atoms with E-state index >= 15 is 0 Å². The smallest absolute Gasteiger partial charge is 0.253 e. The topological polar surface area (TPSA) is 16.1 Å². The number of hydrogen-bond donors (Lipinski definition) is 0. The average molecular weight is 284 g/mol. The first-order chi connectivity index (χ1) is 9.32. The third-order valence-electron chi connectivity index (χ3n) is 3.02. The number of aryl methyl sites for hydroxylation is 2. The number of nitrogens with zero attached hydrogens (tertiary/aromatic N) is 2. The van der Waals surface area contributed by atoms with E-state index in [9.17, 15) is 17.6 Å². The summed E-state index contributed by atoms with van der Waals surface area (Å²) in [5, 5.41) is 0. The van der Waals surface area contributed by atoms with Crippen LogP contribution in [0.5, 0.6) is 0 Å². The molecule has 0 saturated carbocycles. The third-order valence-corrected chi connectivity index (χ3v) is 3.02. The highest BCUT2D eigenvalue weighted by Crippen LogP contribution is 2.32. The first kappa shape index (κ1) is 14.3. The summed E-state index contributed by atoms with van der Waals surface area (Å²) in [7, 11) is 1.33. The molecule has 1 aromatic heterocycles. The fourth-order valence-corrected chi connectivity index (χ4v) is 2.07. The van der Waals surface area contributed by atoms with E-state index in [0.717, 1.165) is 16.0 Å². The van der Waals surface area contributed by atoms with Crippen molar-refractivity contribution in [1.29, 1.82) is 0 Å². The molecule has 0 aliphatic heterocycles. The Bertz CT molecular complexity index is 644. The zero-order chi connectivity index (χ0) is 15.0. The van der Waals surface area contributed by atoms with Crippen LogP contribution in [-0.2, 0) is 0 Å². The summed E-state index contributed by atoms with van der Waals surface area (Å²) < 4.78 is 53.7. The van der Waals surface area contributed by atoms with E-state index in [1.54, 1.807) is 25.1 Å². The van der Waals surface area contributed by atoms with Gasteiger partial charge in [0.1, 0.15) is 5.69 Å². The molecule has 0 bridgehead atoms. The van der Waals surface area contributed by atoms with Crippen molar-refractivity contribution in [2.45, 2.75) is 13.8 Å². The van der Waals surface area contributed by atoms with Gasteiger partial charge in [-0.3, -0.25) is 0 Å². The highest BCUT2D eigenvalue weighted by molar-refractivity contribution is 5.66. The van der Waals surface area contributed by atoms with Crippen molar-refractivity contribution in [3.8, 4) is 0 Å². The lowest BCUT2D eigenvalue weighted by molar-refractivity contribution is 0.409. The van der Waals surface area contributed by atoms with Crippen molar-refractivity contribution in [2.75, 3.05) is 11.9 Å². The Morgan fingerprint density at radius 1 is 0.950 bits per heavy atom. The molecule has 6 heteroatoms. The Balaban J connectivity index is 2.62. The van der Waals surface area contributed by atoms with Gasteiger partial charge in [-0.2, -0.15) is 22.5 Å². The Morgan fingerprint density at radius 3 is 2.00 bits per heavy atom. The van der Waals surface area contributed by atoms with Gasteiger partial charge < -0.3 is 4.90 Å². The van der Waals surface area contributed by atoms with Crippen LogP contribution >= 0.6 is 0 Å². The molecule has 0 unspecified atom stereocenters. The summed E-state index contributed by atoms with van der Waals surface area (Å²) in [4.78, 5) is 3.60. The number of benzene rings is 1. The number of anilines is 2. The van der Waals surface area contributed by atoms with E-state index in [1.165, 1.54) is 7.05 Å². The van der Waals surface area contributed by atoms with Crippen LogP contribution in [0.25, 0.3) is 0 Å². The molecule has 1 aromatic carbocycles. The minimum absolute atomic E-state index is 0.443. The van der Waals surface area contributed by atoms with Crippen LogP contribution in [-0.4, -0.2) is 12.0 Å². The molecule has 0 N–H and O–H groups in total. The minimum atomic E-state index is -1.67. The molecule has 0 amide bonds. The molecule has 0 saturated heterocycles. The van der Waals surface area contributed by atoms with E-state index in [1.807, 2.05) is 6.92 Å². The molecular weight excluding hydrogens is 272 g/mol.